The van der Waals surface area contributed by atoms with Crippen molar-refractivity contribution in [3.05, 3.63) is 23.8 Å². The number of carbonyl (C=O) groups excluding carboxylic acids is 1. The molecule has 2 atom stereocenters. The summed E-state index contributed by atoms with van der Waals surface area (Å²) in [7, 11) is 0. The average molecular weight is 190 g/mol. The minimum atomic E-state index is 0.233. The zero-order valence-electron chi connectivity index (χ0n) is 8.83. The van der Waals surface area contributed by atoms with Crippen molar-refractivity contribution in [3.63, 3.8) is 0 Å². The number of hydrogen-bond donors (Lipinski definition) is 0. The van der Waals surface area contributed by atoms with Gasteiger partial charge in [-0.05, 0) is 18.4 Å². The molecule has 1 heteroatoms. The minimum Gasteiger partial charge on any atom is -0.294 e. The Kier molecular flexibility index (Phi) is 2.85. The standard InChI is InChI=1S/C13H18O/c1-2-3-4-5-6-11-9-10-7-8-12(10)13(11)14/h7-10,12H,2-6H2,1H3. The van der Waals surface area contributed by atoms with Crippen LogP contribution in [0.25, 0.3) is 0 Å². The number of Topliss-reactive ketones (excluding diaryl/α,β-unsaturated/α-hetero) is 1. The molecule has 0 radical (unpaired) electrons. The number of allylic oxidation sites excluding steroid dienone is 4. The van der Waals surface area contributed by atoms with E-state index < -0.39 is 0 Å². The lowest BCUT2D eigenvalue weighted by molar-refractivity contribution is -0.118. The van der Waals surface area contributed by atoms with Gasteiger partial charge < -0.3 is 0 Å². The fourth-order valence-electron chi connectivity index (χ4n) is 2.25. The van der Waals surface area contributed by atoms with Gasteiger partial charge in [0.05, 0.1) is 0 Å². The van der Waals surface area contributed by atoms with Crippen LogP contribution < -0.4 is 0 Å². The first-order chi connectivity index (χ1) is 6.83. The van der Waals surface area contributed by atoms with Gasteiger partial charge in [0.15, 0.2) is 5.78 Å². The van der Waals surface area contributed by atoms with Crippen molar-refractivity contribution in [3.8, 4) is 0 Å². The Balaban J connectivity index is 1.77. The quantitative estimate of drug-likeness (QED) is 0.480. The third-order valence-electron chi connectivity index (χ3n) is 3.27. The molecule has 0 fully saturated rings. The monoisotopic (exact) mass is 190 g/mol. The Morgan fingerprint density at radius 2 is 2.07 bits per heavy atom. The van der Waals surface area contributed by atoms with Gasteiger partial charge in [0.25, 0.3) is 0 Å². The van der Waals surface area contributed by atoms with E-state index in [2.05, 4.69) is 19.1 Å². The molecule has 2 unspecified atom stereocenters. The van der Waals surface area contributed by atoms with E-state index in [0.29, 0.717) is 11.7 Å². The van der Waals surface area contributed by atoms with Crippen LogP contribution in [0, 0.1) is 11.8 Å². The molecule has 0 amide bonds. The summed E-state index contributed by atoms with van der Waals surface area (Å²) >= 11 is 0. The van der Waals surface area contributed by atoms with Crippen molar-refractivity contribution < 1.29 is 4.79 Å². The second-order valence-electron chi connectivity index (χ2n) is 4.35. The second kappa shape index (κ2) is 4.12. The number of ketones is 1. The average Bonchev–Trinajstić information content (AvgIpc) is 2.33. The predicted octanol–water partition coefficient (Wildman–Crippen LogP) is 3.27. The van der Waals surface area contributed by atoms with Crippen molar-refractivity contribution in [2.75, 3.05) is 0 Å². The molecule has 0 saturated carbocycles. The van der Waals surface area contributed by atoms with Gasteiger partial charge in [0.1, 0.15) is 0 Å². The van der Waals surface area contributed by atoms with Gasteiger partial charge in [-0.1, -0.05) is 44.4 Å². The van der Waals surface area contributed by atoms with Crippen LogP contribution in [-0.2, 0) is 4.79 Å². The summed E-state index contributed by atoms with van der Waals surface area (Å²) in [5.74, 6) is 1.09. The van der Waals surface area contributed by atoms with E-state index in [1.54, 1.807) is 0 Å². The Morgan fingerprint density at radius 3 is 2.57 bits per heavy atom. The fraction of sp³-hybridized carbons (Fsp3) is 0.615. The number of carbonyl (C=O) groups is 1. The SMILES string of the molecule is CCCCCCC1=CC2C=CC2C1=O. The molecule has 0 spiro atoms. The van der Waals surface area contributed by atoms with Crippen LogP contribution in [0.2, 0.25) is 0 Å². The van der Waals surface area contributed by atoms with E-state index >= 15 is 0 Å². The smallest absolute Gasteiger partial charge is 0.166 e. The van der Waals surface area contributed by atoms with E-state index in [9.17, 15) is 4.79 Å². The summed E-state index contributed by atoms with van der Waals surface area (Å²) in [5.41, 5.74) is 1.10. The lowest BCUT2D eigenvalue weighted by Crippen LogP contribution is -2.19. The summed E-state index contributed by atoms with van der Waals surface area (Å²) < 4.78 is 0. The highest BCUT2D eigenvalue weighted by Crippen LogP contribution is 2.38. The molecule has 0 saturated heterocycles. The van der Waals surface area contributed by atoms with Crippen molar-refractivity contribution in [1.82, 2.24) is 0 Å². The van der Waals surface area contributed by atoms with Crippen LogP contribution in [0.15, 0.2) is 23.8 Å². The molecular formula is C13H18O. The third-order valence-corrected chi connectivity index (χ3v) is 3.27. The van der Waals surface area contributed by atoms with Crippen LogP contribution in [0.1, 0.15) is 39.0 Å². The van der Waals surface area contributed by atoms with Crippen LogP contribution in [0.5, 0.6) is 0 Å². The fourth-order valence-corrected chi connectivity index (χ4v) is 2.25. The maximum absolute atomic E-state index is 11.7. The number of fused-ring (bicyclic) bond motifs is 1. The van der Waals surface area contributed by atoms with Gasteiger partial charge in [-0.2, -0.15) is 0 Å². The summed E-state index contributed by atoms with van der Waals surface area (Å²) in [4.78, 5) is 11.7. The predicted molar refractivity (Wildman–Crippen MR) is 58.0 cm³/mol. The zero-order chi connectivity index (χ0) is 9.97. The molecule has 0 N–H and O–H groups in total. The second-order valence-corrected chi connectivity index (χ2v) is 4.35. The van der Waals surface area contributed by atoms with Crippen LogP contribution in [0.4, 0.5) is 0 Å². The van der Waals surface area contributed by atoms with E-state index in [0.717, 1.165) is 12.0 Å². The Morgan fingerprint density at radius 1 is 1.21 bits per heavy atom. The van der Waals surface area contributed by atoms with Crippen molar-refractivity contribution in [2.24, 2.45) is 11.8 Å². The molecule has 1 nitrogen and oxygen atoms in total. The summed E-state index contributed by atoms with van der Waals surface area (Å²) in [6.45, 7) is 2.21. The maximum atomic E-state index is 11.7. The number of unbranched alkanes of at least 4 members (excludes halogenated alkanes) is 3. The Hall–Kier alpha value is -0.850. The summed E-state index contributed by atoms with van der Waals surface area (Å²) in [5, 5.41) is 0. The lowest BCUT2D eigenvalue weighted by Gasteiger charge is -2.18. The van der Waals surface area contributed by atoms with Crippen LogP contribution in [0.3, 0.4) is 0 Å². The highest BCUT2D eigenvalue weighted by atomic mass is 16.1. The first kappa shape index (κ1) is 9.70. The molecule has 76 valence electrons. The molecule has 2 aliphatic rings. The van der Waals surface area contributed by atoms with Gasteiger partial charge in [0.2, 0.25) is 0 Å². The molecule has 0 heterocycles. The molecule has 2 rings (SSSR count). The number of hydrogen-bond acceptors (Lipinski definition) is 1. The van der Waals surface area contributed by atoms with Crippen LogP contribution in [-0.4, -0.2) is 5.78 Å². The van der Waals surface area contributed by atoms with E-state index in [-0.39, 0.29) is 5.92 Å². The van der Waals surface area contributed by atoms with Crippen molar-refractivity contribution in [2.45, 2.75) is 39.0 Å². The van der Waals surface area contributed by atoms with E-state index in [1.165, 1.54) is 25.7 Å². The number of rotatable bonds is 5. The summed E-state index contributed by atoms with van der Waals surface area (Å²) in [6.07, 6.45) is 12.4. The molecule has 0 aliphatic heterocycles. The van der Waals surface area contributed by atoms with Gasteiger partial charge >= 0.3 is 0 Å². The summed E-state index contributed by atoms with van der Waals surface area (Å²) in [6, 6.07) is 0. The van der Waals surface area contributed by atoms with Crippen LogP contribution >= 0.6 is 0 Å². The van der Waals surface area contributed by atoms with E-state index in [4.69, 9.17) is 0 Å². The van der Waals surface area contributed by atoms with Gasteiger partial charge in [-0.15, -0.1) is 0 Å². The van der Waals surface area contributed by atoms with Gasteiger partial charge in [0, 0.05) is 11.8 Å². The minimum absolute atomic E-state index is 0.233. The lowest BCUT2D eigenvalue weighted by atomic mass is 9.84. The highest BCUT2D eigenvalue weighted by Gasteiger charge is 2.36. The molecule has 0 bridgehead atoms. The molecular weight excluding hydrogens is 172 g/mol. The third kappa shape index (κ3) is 1.68. The molecule has 0 aromatic heterocycles. The van der Waals surface area contributed by atoms with Crippen molar-refractivity contribution in [1.29, 1.82) is 0 Å². The molecule has 0 aromatic carbocycles. The van der Waals surface area contributed by atoms with Gasteiger partial charge in [-0.25, -0.2) is 0 Å². The van der Waals surface area contributed by atoms with E-state index in [1.807, 2.05) is 6.08 Å². The van der Waals surface area contributed by atoms with Crippen molar-refractivity contribution >= 4 is 5.78 Å². The highest BCUT2D eigenvalue weighted by molar-refractivity contribution is 6.02. The first-order valence-corrected chi connectivity index (χ1v) is 5.76. The topological polar surface area (TPSA) is 17.1 Å². The zero-order valence-corrected chi connectivity index (χ0v) is 8.83. The first-order valence-electron chi connectivity index (χ1n) is 5.76. The molecule has 2 aliphatic carbocycles. The van der Waals surface area contributed by atoms with Gasteiger partial charge in [-0.3, -0.25) is 4.79 Å². The molecule has 0 aromatic rings. The molecule has 14 heavy (non-hydrogen) atoms. The largest absolute Gasteiger partial charge is 0.294 e. The maximum Gasteiger partial charge on any atom is 0.166 e. The normalized spacial score (nSPS) is 28.6. The Labute approximate surface area is 85.9 Å². The Bertz CT molecular complexity index is 286.